The average Bonchev–Trinajstić information content (AvgIpc) is 3.41. The first-order valence-electron chi connectivity index (χ1n) is 12.3. The van der Waals surface area contributed by atoms with Crippen LogP contribution in [-0.2, 0) is 28.7 Å². The molecule has 0 spiro atoms. The van der Waals surface area contributed by atoms with Crippen LogP contribution in [0.3, 0.4) is 0 Å². The quantitative estimate of drug-likeness (QED) is 0.139. The van der Waals surface area contributed by atoms with Crippen molar-refractivity contribution in [1.29, 1.82) is 0 Å². The number of imide groups is 1. The van der Waals surface area contributed by atoms with Gasteiger partial charge >= 0.3 is 6.03 Å². The van der Waals surface area contributed by atoms with Gasteiger partial charge in [-0.25, -0.2) is 4.79 Å². The lowest BCUT2D eigenvalue weighted by atomic mass is 10.0. The number of nitrogens with two attached hydrogens (primary N) is 1. The summed E-state index contributed by atoms with van der Waals surface area (Å²) in [6.45, 7) is 2.22. The number of nitrogens with zero attached hydrogens (tertiary/aromatic N) is 1. The van der Waals surface area contributed by atoms with Crippen molar-refractivity contribution in [2.75, 3.05) is 51.8 Å². The second-order valence-electron chi connectivity index (χ2n) is 8.39. The van der Waals surface area contributed by atoms with Crippen LogP contribution in [-0.4, -0.2) is 97.7 Å². The van der Waals surface area contributed by atoms with Crippen molar-refractivity contribution in [3.63, 3.8) is 0 Å². The predicted octanol–water partition coefficient (Wildman–Crippen LogP) is -0.330. The first-order valence-corrected chi connectivity index (χ1v) is 13.3. The Morgan fingerprint density at radius 2 is 1.56 bits per heavy atom. The number of primary amides is 1. The maximum absolute atomic E-state index is 11.9. The fourth-order valence-corrected chi connectivity index (χ4v) is 5.26. The number of unbranched alkanes of at least 4 members (excludes halogenated alkanes) is 1. The van der Waals surface area contributed by atoms with Gasteiger partial charge in [-0.1, -0.05) is 6.42 Å². The summed E-state index contributed by atoms with van der Waals surface area (Å²) in [6.07, 6.45) is 6.48. The minimum atomic E-state index is -0.480. The van der Waals surface area contributed by atoms with E-state index in [1.807, 2.05) is 11.8 Å². The van der Waals surface area contributed by atoms with Crippen LogP contribution in [0.4, 0.5) is 4.79 Å². The van der Waals surface area contributed by atoms with E-state index < -0.39 is 17.8 Å². The fraction of sp³-hybridized carbons (Fsp3) is 0.696. The number of carbonyl (C=O) groups excluding carboxylic acids is 5. The molecule has 0 aromatic heterocycles. The largest absolute Gasteiger partial charge is 0.377 e. The van der Waals surface area contributed by atoms with Gasteiger partial charge < -0.3 is 31.2 Å². The molecule has 0 bridgehead atoms. The highest BCUT2D eigenvalue weighted by Crippen LogP contribution is 2.30. The Morgan fingerprint density at radius 3 is 2.17 bits per heavy atom. The molecule has 0 aliphatic carbocycles. The summed E-state index contributed by atoms with van der Waals surface area (Å²) in [5, 5.41) is 8.65. The van der Waals surface area contributed by atoms with Crippen molar-refractivity contribution >= 4 is 41.4 Å². The van der Waals surface area contributed by atoms with Crippen molar-refractivity contribution in [3.05, 3.63) is 12.2 Å². The lowest BCUT2D eigenvalue weighted by molar-refractivity contribution is -0.137. The normalized spacial score (nSPS) is 19.1. The Kier molecular flexibility index (Phi) is 13.9. The van der Waals surface area contributed by atoms with Crippen LogP contribution in [0.1, 0.15) is 38.5 Å². The summed E-state index contributed by atoms with van der Waals surface area (Å²) in [4.78, 5) is 58.5. The third kappa shape index (κ3) is 11.9. The monoisotopic (exact) mass is 527 g/mol. The molecule has 13 heteroatoms. The summed E-state index contributed by atoms with van der Waals surface area (Å²) in [5.74, 6) is -0.0610. The summed E-state index contributed by atoms with van der Waals surface area (Å²) >= 11 is 1.85. The average molecular weight is 528 g/mol. The van der Waals surface area contributed by atoms with E-state index in [4.69, 9.17) is 15.2 Å². The molecule has 1 saturated heterocycles. The van der Waals surface area contributed by atoms with Crippen LogP contribution < -0.4 is 21.7 Å². The molecule has 0 aromatic rings. The molecule has 5 N–H and O–H groups in total. The highest BCUT2D eigenvalue weighted by atomic mass is 32.2. The van der Waals surface area contributed by atoms with Crippen molar-refractivity contribution < 1.29 is 33.4 Å². The lowest BCUT2D eigenvalue weighted by Gasteiger charge is -2.18. The lowest BCUT2D eigenvalue weighted by Crippen LogP contribution is -2.42. The minimum absolute atomic E-state index is 0.00814. The number of hydrogen-bond donors (Lipinski definition) is 4. The molecule has 1 fully saturated rings. The molecule has 36 heavy (non-hydrogen) atoms. The van der Waals surface area contributed by atoms with Crippen LogP contribution >= 0.6 is 11.8 Å². The Balaban J connectivity index is 1.34. The van der Waals surface area contributed by atoms with E-state index in [0.717, 1.165) is 36.3 Å². The van der Waals surface area contributed by atoms with Gasteiger partial charge in [-0.05, 0) is 25.0 Å². The van der Waals surface area contributed by atoms with Crippen molar-refractivity contribution in [1.82, 2.24) is 20.9 Å². The molecule has 2 heterocycles. The third-order valence-corrected chi connectivity index (χ3v) is 7.12. The number of thioether (sulfide) groups is 1. The zero-order valence-electron chi connectivity index (χ0n) is 20.5. The number of urea groups is 1. The third-order valence-electron chi connectivity index (χ3n) is 5.65. The van der Waals surface area contributed by atoms with Gasteiger partial charge in [0.1, 0.15) is 0 Å². The second-order valence-corrected chi connectivity index (χ2v) is 9.74. The van der Waals surface area contributed by atoms with Crippen molar-refractivity contribution in [3.8, 4) is 0 Å². The number of rotatable bonds is 18. The van der Waals surface area contributed by atoms with Gasteiger partial charge in [0.05, 0.1) is 26.4 Å². The Bertz CT molecular complexity index is 777. The molecule has 2 aliphatic heterocycles. The zero-order valence-corrected chi connectivity index (χ0v) is 21.3. The smallest absolute Gasteiger partial charge is 0.312 e. The Labute approximate surface area is 215 Å². The predicted molar refractivity (Wildman–Crippen MR) is 134 cm³/mol. The number of carbonyl (C=O) groups is 5. The fourth-order valence-electron chi connectivity index (χ4n) is 3.80. The van der Waals surface area contributed by atoms with Gasteiger partial charge in [0.15, 0.2) is 0 Å². The van der Waals surface area contributed by atoms with Crippen LogP contribution in [0.2, 0.25) is 0 Å². The van der Waals surface area contributed by atoms with Gasteiger partial charge in [-0.2, -0.15) is 11.8 Å². The number of nitrogens with one attached hydrogen (secondary N) is 3. The first-order chi connectivity index (χ1) is 17.4. The Hall–Kier alpha value is -2.64. The van der Waals surface area contributed by atoms with Gasteiger partial charge in [-0.3, -0.25) is 24.1 Å². The van der Waals surface area contributed by atoms with Crippen LogP contribution in [0.15, 0.2) is 12.2 Å². The molecule has 2 aliphatic rings. The van der Waals surface area contributed by atoms with E-state index in [-0.39, 0.29) is 30.8 Å². The van der Waals surface area contributed by atoms with Crippen LogP contribution in [0.5, 0.6) is 0 Å². The van der Waals surface area contributed by atoms with Gasteiger partial charge in [0.25, 0.3) is 11.8 Å². The van der Waals surface area contributed by atoms with Crippen molar-refractivity contribution in [2.45, 2.75) is 49.8 Å². The number of amides is 6. The van der Waals surface area contributed by atoms with E-state index in [9.17, 15) is 24.0 Å². The van der Waals surface area contributed by atoms with Crippen LogP contribution in [0.25, 0.3) is 0 Å². The zero-order chi connectivity index (χ0) is 26.2. The number of hydrogen-bond acceptors (Lipinski definition) is 8. The molecule has 2 unspecified atom stereocenters. The van der Waals surface area contributed by atoms with Crippen molar-refractivity contribution in [2.24, 2.45) is 5.73 Å². The molecule has 0 radical (unpaired) electrons. The molecule has 6 amide bonds. The van der Waals surface area contributed by atoms with E-state index >= 15 is 0 Å². The Morgan fingerprint density at radius 1 is 0.944 bits per heavy atom. The van der Waals surface area contributed by atoms with Crippen LogP contribution in [0, 0.1) is 0 Å². The molecule has 2 atom stereocenters. The molecule has 0 saturated carbocycles. The molecular formula is C23H37N5O7S. The van der Waals surface area contributed by atoms with E-state index in [0.29, 0.717) is 51.2 Å². The SMILES string of the molecule is NC(=O)NC1CCSC1CCCCC(=O)NCCOCCOCCNC(=O)CCN1C(=O)C=CC1=O. The maximum atomic E-state index is 11.9. The summed E-state index contributed by atoms with van der Waals surface area (Å²) in [7, 11) is 0. The highest BCUT2D eigenvalue weighted by Gasteiger charge is 2.28. The first kappa shape index (κ1) is 29.6. The topological polar surface area (TPSA) is 169 Å². The molecule has 12 nitrogen and oxygen atoms in total. The van der Waals surface area contributed by atoms with Gasteiger partial charge in [0, 0.05) is 55.9 Å². The van der Waals surface area contributed by atoms with E-state index in [2.05, 4.69) is 16.0 Å². The van der Waals surface area contributed by atoms with Gasteiger partial charge in [0.2, 0.25) is 11.8 Å². The van der Waals surface area contributed by atoms with E-state index in [1.165, 1.54) is 12.2 Å². The summed E-state index contributed by atoms with van der Waals surface area (Å²) in [6, 6.07) is -0.350. The maximum Gasteiger partial charge on any atom is 0.312 e. The van der Waals surface area contributed by atoms with E-state index in [1.54, 1.807) is 0 Å². The van der Waals surface area contributed by atoms with Gasteiger partial charge in [-0.15, -0.1) is 0 Å². The summed E-state index contributed by atoms with van der Waals surface area (Å²) < 4.78 is 10.8. The molecule has 0 aromatic carbocycles. The number of ether oxygens (including phenoxy) is 2. The molecular weight excluding hydrogens is 490 g/mol. The molecule has 2 rings (SSSR count). The highest BCUT2D eigenvalue weighted by molar-refractivity contribution is 8.00. The standard InChI is InChI=1S/C23H37N5O7S/c24-23(33)27-17-8-16-36-18(17)3-1-2-4-19(29)25-9-12-34-14-15-35-13-10-26-20(30)7-11-28-21(31)5-6-22(28)32/h5-6,17-18H,1-4,7-16H2,(H,25,29)(H,26,30)(H3,24,27,33). The minimum Gasteiger partial charge on any atom is -0.377 e. The molecule has 202 valence electrons. The summed E-state index contributed by atoms with van der Waals surface area (Å²) in [5.41, 5.74) is 5.21. The second kappa shape index (κ2) is 16.9.